The van der Waals surface area contributed by atoms with E-state index in [4.69, 9.17) is 16.3 Å². The van der Waals surface area contributed by atoms with Crippen molar-refractivity contribution in [2.75, 3.05) is 11.5 Å². The van der Waals surface area contributed by atoms with Crippen LogP contribution in [0.5, 0.6) is 0 Å². The van der Waals surface area contributed by atoms with E-state index in [9.17, 15) is 4.79 Å². The van der Waals surface area contributed by atoms with Crippen molar-refractivity contribution in [1.29, 1.82) is 0 Å². The number of allylic oxidation sites excluding steroid dienone is 1. The second-order valence-corrected chi connectivity index (χ2v) is 7.35. The molecule has 0 aliphatic carbocycles. The Bertz CT molecular complexity index is 879. The van der Waals surface area contributed by atoms with Gasteiger partial charge in [-0.15, -0.1) is 0 Å². The summed E-state index contributed by atoms with van der Waals surface area (Å²) in [7, 11) is 0. The molecule has 0 saturated heterocycles. The van der Waals surface area contributed by atoms with Crippen LogP contribution in [0.2, 0.25) is 5.02 Å². The predicted octanol–water partition coefficient (Wildman–Crippen LogP) is 4.95. The molecule has 2 heterocycles. The summed E-state index contributed by atoms with van der Waals surface area (Å²) in [6.07, 6.45) is 3.56. The fraction of sp³-hybridized carbons (Fsp3) is 0.318. The van der Waals surface area contributed by atoms with Gasteiger partial charge in [-0.05, 0) is 68.0 Å². The van der Waals surface area contributed by atoms with Gasteiger partial charge >= 0.3 is 5.97 Å². The molecule has 0 aromatic heterocycles. The zero-order valence-corrected chi connectivity index (χ0v) is 16.1. The Balaban J connectivity index is 1.80. The minimum atomic E-state index is -0.329. The second-order valence-electron chi connectivity index (χ2n) is 6.91. The number of hydrogen-bond acceptors (Lipinski definition) is 4. The highest BCUT2D eigenvalue weighted by molar-refractivity contribution is 6.31. The zero-order chi connectivity index (χ0) is 18.8. The molecule has 0 spiro atoms. The minimum Gasteiger partial charge on any atom is -0.464 e. The SMILES string of the molecule is CCOC(=O)C1CCCC2=C(N1)N(c1ccccc1)c1cc(Cl)ccc1C2. The number of anilines is 2. The molecule has 0 amide bonds. The largest absolute Gasteiger partial charge is 0.464 e. The first-order chi connectivity index (χ1) is 13.2. The van der Waals surface area contributed by atoms with Gasteiger partial charge in [0.25, 0.3) is 0 Å². The molecule has 0 fully saturated rings. The van der Waals surface area contributed by atoms with Gasteiger partial charge in [0.1, 0.15) is 11.9 Å². The maximum atomic E-state index is 12.4. The topological polar surface area (TPSA) is 41.6 Å². The molecule has 4 nitrogen and oxygen atoms in total. The monoisotopic (exact) mass is 382 g/mol. The Morgan fingerprint density at radius 2 is 2.07 bits per heavy atom. The van der Waals surface area contributed by atoms with E-state index in [1.807, 2.05) is 37.3 Å². The Kier molecular flexibility index (Phi) is 5.08. The molecule has 27 heavy (non-hydrogen) atoms. The van der Waals surface area contributed by atoms with Crippen LogP contribution in [0.25, 0.3) is 0 Å². The smallest absolute Gasteiger partial charge is 0.328 e. The van der Waals surface area contributed by atoms with Crippen molar-refractivity contribution >= 4 is 28.9 Å². The number of benzene rings is 2. The van der Waals surface area contributed by atoms with E-state index in [0.29, 0.717) is 11.6 Å². The summed E-state index contributed by atoms with van der Waals surface area (Å²) in [4.78, 5) is 14.6. The molecule has 1 atom stereocenters. The van der Waals surface area contributed by atoms with Crippen molar-refractivity contribution in [3.05, 3.63) is 70.5 Å². The first-order valence-electron chi connectivity index (χ1n) is 9.46. The van der Waals surface area contributed by atoms with Gasteiger partial charge in [0, 0.05) is 10.7 Å². The number of nitrogens with one attached hydrogen (secondary N) is 1. The third-order valence-corrected chi connectivity index (χ3v) is 5.35. The molecule has 1 N–H and O–H groups in total. The van der Waals surface area contributed by atoms with E-state index in [2.05, 4.69) is 28.4 Å². The van der Waals surface area contributed by atoms with Crippen LogP contribution in [0, 0.1) is 0 Å². The van der Waals surface area contributed by atoms with Crippen LogP contribution in [0.4, 0.5) is 11.4 Å². The average Bonchev–Trinajstić information content (AvgIpc) is 2.89. The highest BCUT2D eigenvalue weighted by Crippen LogP contribution is 2.41. The average molecular weight is 383 g/mol. The van der Waals surface area contributed by atoms with Gasteiger partial charge in [0.05, 0.1) is 12.3 Å². The normalized spacial score (nSPS) is 18.9. The Morgan fingerprint density at radius 1 is 1.26 bits per heavy atom. The van der Waals surface area contributed by atoms with Crippen molar-refractivity contribution in [3.8, 4) is 0 Å². The number of rotatable bonds is 3. The van der Waals surface area contributed by atoms with E-state index < -0.39 is 0 Å². The van der Waals surface area contributed by atoms with Gasteiger partial charge in [-0.2, -0.15) is 0 Å². The lowest BCUT2D eigenvalue weighted by Gasteiger charge is -2.36. The molecule has 0 saturated carbocycles. The van der Waals surface area contributed by atoms with Crippen molar-refractivity contribution in [3.63, 3.8) is 0 Å². The lowest BCUT2D eigenvalue weighted by Crippen LogP contribution is -2.42. The summed E-state index contributed by atoms with van der Waals surface area (Å²) in [6.45, 7) is 2.23. The standard InChI is InChI=1S/C22H23ClN2O2/c1-2-27-22(26)19-10-6-7-16-13-15-11-12-17(23)14-20(15)25(21(16)24-19)18-8-4-3-5-9-18/h3-5,8-9,11-12,14,19,24H,2,6-7,10,13H2,1H3. The van der Waals surface area contributed by atoms with Gasteiger partial charge in [-0.3, -0.25) is 4.90 Å². The lowest BCUT2D eigenvalue weighted by atomic mass is 9.94. The predicted molar refractivity (Wildman–Crippen MR) is 108 cm³/mol. The van der Waals surface area contributed by atoms with Gasteiger partial charge in [-0.25, -0.2) is 4.79 Å². The van der Waals surface area contributed by atoms with E-state index >= 15 is 0 Å². The van der Waals surface area contributed by atoms with Gasteiger partial charge < -0.3 is 10.1 Å². The number of hydrogen-bond donors (Lipinski definition) is 1. The number of nitrogens with zero attached hydrogens (tertiary/aromatic N) is 1. The molecular weight excluding hydrogens is 360 g/mol. The fourth-order valence-electron chi connectivity index (χ4n) is 3.88. The van der Waals surface area contributed by atoms with Gasteiger partial charge in [0.15, 0.2) is 0 Å². The first-order valence-corrected chi connectivity index (χ1v) is 9.84. The number of ether oxygens (including phenoxy) is 1. The molecule has 2 aromatic carbocycles. The third-order valence-electron chi connectivity index (χ3n) is 5.12. The van der Waals surface area contributed by atoms with Crippen LogP contribution in [0.3, 0.4) is 0 Å². The molecule has 2 aliphatic rings. The number of carbonyl (C=O) groups excluding carboxylic acids is 1. The summed E-state index contributed by atoms with van der Waals surface area (Å²) >= 11 is 6.32. The van der Waals surface area contributed by atoms with Crippen LogP contribution in [-0.4, -0.2) is 18.6 Å². The summed E-state index contributed by atoms with van der Waals surface area (Å²) < 4.78 is 5.28. The number of fused-ring (bicyclic) bond motifs is 1. The van der Waals surface area contributed by atoms with Crippen molar-refractivity contribution < 1.29 is 9.53 Å². The van der Waals surface area contributed by atoms with E-state index in [1.165, 1.54) is 11.1 Å². The molecule has 2 aliphatic heterocycles. The molecule has 0 bridgehead atoms. The van der Waals surface area contributed by atoms with Gasteiger partial charge in [-0.1, -0.05) is 35.9 Å². The summed E-state index contributed by atoms with van der Waals surface area (Å²) in [5.41, 5.74) is 4.67. The fourth-order valence-corrected chi connectivity index (χ4v) is 4.05. The van der Waals surface area contributed by atoms with Crippen LogP contribution < -0.4 is 10.2 Å². The summed E-state index contributed by atoms with van der Waals surface area (Å²) in [5, 5.41) is 4.20. The number of esters is 1. The van der Waals surface area contributed by atoms with Crippen molar-refractivity contribution in [1.82, 2.24) is 5.32 Å². The Morgan fingerprint density at radius 3 is 2.85 bits per heavy atom. The quantitative estimate of drug-likeness (QED) is 0.762. The molecule has 1 unspecified atom stereocenters. The molecular formula is C22H23ClN2O2. The first kappa shape index (κ1) is 17.9. The highest BCUT2D eigenvalue weighted by atomic mass is 35.5. The molecule has 140 valence electrons. The lowest BCUT2D eigenvalue weighted by molar-refractivity contribution is -0.145. The minimum absolute atomic E-state index is 0.184. The van der Waals surface area contributed by atoms with Crippen molar-refractivity contribution in [2.45, 2.75) is 38.6 Å². The third kappa shape index (κ3) is 3.54. The number of carbonyl (C=O) groups is 1. The summed E-state index contributed by atoms with van der Waals surface area (Å²) in [6, 6.07) is 15.9. The maximum absolute atomic E-state index is 12.4. The molecule has 2 aromatic rings. The highest BCUT2D eigenvalue weighted by Gasteiger charge is 2.32. The van der Waals surface area contributed by atoms with Crippen LogP contribution >= 0.6 is 11.6 Å². The van der Waals surface area contributed by atoms with E-state index in [-0.39, 0.29) is 12.0 Å². The molecule has 5 heteroatoms. The van der Waals surface area contributed by atoms with E-state index in [1.54, 1.807) is 0 Å². The van der Waals surface area contributed by atoms with Crippen LogP contribution in [-0.2, 0) is 16.0 Å². The molecule has 0 radical (unpaired) electrons. The second kappa shape index (κ2) is 7.65. The van der Waals surface area contributed by atoms with E-state index in [0.717, 1.165) is 42.9 Å². The van der Waals surface area contributed by atoms with Crippen molar-refractivity contribution in [2.24, 2.45) is 0 Å². The Labute approximate surface area is 164 Å². The number of para-hydroxylation sites is 1. The summed E-state index contributed by atoms with van der Waals surface area (Å²) in [5.74, 6) is 0.808. The van der Waals surface area contributed by atoms with Crippen LogP contribution in [0.1, 0.15) is 31.7 Å². The molecule has 4 rings (SSSR count). The Hall–Kier alpha value is -2.46. The zero-order valence-electron chi connectivity index (χ0n) is 15.4. The number of halogens is 1. The van der Waals surface area contributed by atoms with Crippen LogP contribution in [0.15, 0.2) is 59.9 Å². The maximum Gasteiger partial charge on any atom is 0.328 e. The van der Waals surface area contributed by atoms with Gasteiger partial charge in [0.2, 0.25) is 0 Å².